The van der Waals surface area contributed by atoms with Crippen molar-refractivity contribution in [1.82, 2.24) is 29.7 Å². The molecule has 2 aromatic heterocycles. The number of hydrogen-bond acceptors (Lipinski definition) is 16. The molecule has 4 bridgehead atoms. The van der Waals surface area contributed by atoms with Gasteiger partial charge in [0.05, 0.1) is 27.5 Å². The largest absolute Gasteiger partial charge is 0.488 e. The smallest absolute Gasteiger partial charge is 0.463 e. The maximum atomic E-state index is 12.6. The number of halogens is 1. The number of aromatic nitrogens is 4. The molecule has 2 N–H and O–H groups in total. The van der Waals surface area contributed by atoms with Crippen LogP contribution >= 0.6 is 15.9 Å². The van der Waals surface area contributed by atoms with E-state index >= 15 is 0 Å². The van der Waals surface area contributed by atoms with Crippen LogP contribution < -0.4 is 14.9 Å². The van der Waals surface area contributed by atoms with Crippen LogP contribution in [-0.2, 0) is 29.1 Å². The first-order valence-corrected chi connectivity index (χ1v) is 27.8. The second-order valence-corrected chi connectivity index (χ2v) is 25.2. The summed E-state index contributed by atoms with van der Waals surface area (Å²) in [5, 5.41) is 17.4. The first-order valence-electron chi connectivity index (χ1n) is 23.3. The van der Waals surface area contributed by atoms with E-state index in [1.165, 1.54) is 30.5 Å². The third-order valence-corrected chi connectivity index (χ3v) is 14.9. The first kappa shape index (κ1) is 54.4. The van der Waals surface area contributed by atoms with Crippen LogP contribution in [0.2, 0.25) is 0 Å². The van der Waals surface area contributed by atoms with Gasteiger partial charge in [-0.15, -0.1) is 0 Å². The molecule has 4 atom stereocenters. The molecule has 0 radical (unpaired) electrons. The molecule has 4 aromatic rings. The molecular formula is C48H64BBrN6O12S2. The summed E-state index contributed by atoms with van der Waals surface area (Å²) in [7, 11) is -8.00. The van der Waals surface area contributed by atoms with Crippen molar-refractivity contribution in [3.8, 4) is 23.1 Å². The van der Waals surface area contributed by atoms with Crippen molar-refractivity contribution < 1.29 is 55.4 Å². The summed E-state index contributed by atoms with van der Waals surface area (Å²) in [6.07, 6.45) is 16.4. The van der Waals surface area contributed by atoms with Gasteiger partial charge in [-0.2, -0.15) is 0 Å². The predicted octanol–water partition coefficient (Wildman–Crippen LogP) is 6.67. The fourth-order valence-electron chi connectivity index (χ4n) is 9.16. The highest BCUT2D eigenvalue weighted by Gasteiger charge is 2.46. The lowest BCUT2D eigenvalue weighted by atomic mass is 9.81. The lowest BCUT2D eigenvalue weighted by Crippen LogP contribution is -2.49. The fraction of sp³-hybridized carbons (Fsp3) is 0.542. The van der Waals surface area contributed by atoms with E-state index in [0.29, 0.717) is 37.1 Å². The summed E-state index contributed by atoms with van der Waals surface area (Å²) < 4.78 is 68.8. The average Bonchev–Trinajstić information content (AvgIpc) is 3.72. The number of benzene rings is 2. The van der Waals surface area contributed by atoms with Crippen molar-refractivity contribution in [2.45, 2.75) is 138 Å². The highest BCUT2D eigenvalue weighted by Crippen LogP contribution is 2.41. The zero-order chi connectivity index (χ0) is 51.2. The number of ether oxygens (including phenoxy) is 4. The van der Waals surface area contributed by atoms with Crippen LogP contribution in [0.3, 0.4) is 0 Å². The van der Waals surface area contributed by atoms with Crippen LogP contribution in [0.25, 0.3) is 11.1 Å². The minimum Gasteiger partial charge on any atom is -0.463 e. The van der Waals surface area contributed by atoms with E-state index in [0.717, 1.165) is 73.2 Å². The van der Waals surface area contributed by atoms with Crippen LogP contribution in [0.1, 0.15) is 92.9 Å². The average molecular weight is 1070 g/mol. The molecular weight excluding hydrogens is 1010 g/mol. The Labute approximate surface area is 420 Å². The predicted molar refractivity (Wildman–Crippen MR) is 266 cm³/mol. The van der Waals surface area contributed by atoms with E-state index in [2.05, 4.69) is 35.9 Å². The molecule has 380 valence electrons. The van der Waals surface area contributed by atoms with Crippen LogP contribution in [0.4, 0.5) is 9.59 Å². The van der Waals surface area contributed by atoms with Gasteiger partial charge in [-0.05, 0) is 156 Å². The number of carbonyl (C=O) groups excluding carboxylic acids is 2. The second-order valence-electron chi connectivity index (χ2n) is 20.3. The van der Waals surface area contributed by atoms with Crippen LogP contribution in [0, 0.1) is 11.8 Å². The number of fused-ring (bicyclic) bond motifs is 4. The molecule has 2 amide bonds. The van der Waals surface area contributed by atoms with Gasteiger partial charge >= 0.3 is 31.3 Å². The van der Waals surface area contributed by atoms with Gasteiger partial charge in [0.25, 0.3) is 0 Å². The minimum absolute atomic E-state index is 0.164. The summed E-state index contributed by atoms with van der Waals surface area (Å²) in [5.41, 5.74) is 0.948. The Morgan fingerprint density at radius 1 is 0.600 bits per heavy atom. The van der Waals surface area contributed by atoms with Crippen molar-refractivity contribution in [1.29, 1.82) is 0 Å². The van der Waals surface area contributed by atoms with E-state index in [1.807, 2.05) is 51.3 Å². The third kappa shape index (κ3) is 15.6. The molecule has 8 rings (SSSR count). The van der Waals surface area contributed by atoms with Crippen molar-refractivity contribution >= 4 is 60.4 Å². The summed E-state index contributed by atoms with van der Waals surface area (Å²) in [4.78, 5) is 46.3. The molecule has 0 spiro atoms. The number of sulfone groups is 2. The molecule has 4 aliphatic rings. The fourth-order valence-corrected chi connectivity index (χ4v) is 10.6. The van der Waals surface area contributed by atoms with Crippen LogP contribution in [0.15, 0.2) is 87.6 Å². The molecule has 6 heterocycles. The Hall–Kier alpha value is -4.90. The normalized spacial score (nSPS) is 21.9. The Kier molecular flexibility index (Phi) is 17.6. The molecule has 18 nitrogen and oxygen atoms in total. The van der Waals surface area contributed by atoms with Gasteiger partial charge in [0.1, 0.15) is 11.2 Å². The number of carbonyl (C=O) groups is 2. The number of rotatable bonds is 10. The summed E-state index contributed by atoms with van der Waals surface area (Å²) >= 11 is 3.31. The lowest BCUT2D eigenvalue weighted by molar-refractivity contribution is -0.00221. The van der Waals surface area contributed by atoms with E-state index in [1.54, 1.807) is 49.1 Å². The SMILES string of the molecule is CC(C)(C)OC(=O)N1C2CCC1CC(COc1ncc(-c3ccc(S(C)(=O)=O)cc3)cn1)C2.CC(C)(C)OC(=O)N1C2CCC1CC(COc1ncc(Br)cn1)C2.CS(=O)(=O)c1ccc(B(O)O)cc1. The summed E-state index contributed by atoms with van der Waals surface area (Å²) in [6.45, 7) is 12.5. The zero-order valence-electron chi connectivity index (χ0n) is 40.9. The van der Waals surface area contributed by atoms with Crippen molar-refractivity contribution in [2.75, 3.05) is 25.7 Å². The number of piperidine rings is 2. The van der Waals surface area contributed by atoms with Gasteiger partial charge < -0.3 is 38.8 Å². The Morgan fingerprint density at radius 2 is 0.943 bits per heavy atom. The highest BCUT2D eigenvalue weighted by molar-refractivity contribution is 9.10. The molecule has 2 aromatic carbocycles. The lowest BCUT2D eigenvalue weighted by Gasteiger charge is -2.39. The molecule has 4 unspecified atom stereocenters. The van der Waals surface area contributed by atoms with Crippen LogP contribution in [0.5, 0.6) is 12.0 Å². The van der Waals surface area contributed by atoms with E-state index < -0.39 is 38.0 Å². The third-order valence-electron chi connectivity index (χ3n) is 12.2. The molecule has 0 saturated carbocycles. The molecule has 4 aliphatic heterocycles. The van der Waals surface area contributed by atoms with Gasteiger partial charge in [0.2, 0.25) is 0 Å². The van der Waals surface area contributed by atoms with Crippen molar-refractivity contribution in [3.63, 3.8) is 0 Å². The molecule has 70 heavy (non-hydrogen) atoms. The Morgan fingerprint density at radius 3 is 1.27 bits per heavy atom. The maximum Gasteiger partial charge on any atom is 0.488 e. The number of hydrogen-bond donors (Lipinski definition) is 2. The Balaban J connectivity index is 0.000000189. The van der Waals surface area contributed by atoms with Gasteiger partial charge in [0, 0.05) is 67.0 Å². The van der Waals surface area contributed by atoms with Crippen molar-refractivity contribution in [3.05, 3.63) is 77.8 Å². The number of amides is 2. The monoisotopic (exact) mass is 1070 g/mol. The first-order chi connectivity index (χ1) is 32.7. The van der Waals surface area contributed by atoms with E-state index in [4.69, 9.17) is 29.0 Å². The standard InChI is InChI=1S/C24H31N3O5S.C17H24BrN3O3.C7H9BO4S/c1-24(2,3)32-23(28)27-19-7-8-20(27)12-16(11-19)15-31-22-25-13-18(14-26-22)17-5-9-21(10-6-17)33(4,29)30;1-17(2,3)24-16(22)21-13-4-5-14(21)7-11(6-13)10-23-15-19-8-12(18)9-20-15;1-13(11,12)7-4-2-6(3-5-7)8(9)10/h5-6,9-10,13-14,16,19-20H,7-8,11-12,15H2,1-4H3;8-9,11,13-14H,4-7,10H2,1-3H3;2-5,9-10H,1H3. The van der Waals surface area contributed by atoms with Gasteiger partial charge in [-0.1, -0.05) is 24.3 Å². The van der Waals surface area contributed by atoms with Crippen LogP contribution in [-0.4, -0.2) is 137 Å². The molecule has 0 aliphatic carbocycles. The van der Waals surface area contributed by atoms with Gasteiger partial charge in [-0.3, -0.25) is 0 Å². The minimum atomic E-state index is -3.23. The van der Waals surface area contributed by atoms with E-state index in [9.17, 15) is 26.4 Å². The Bertz CT molecular complexity index is 2590. The van der Waals surface area contributed by atoms with E-state index in [-0.39, 0.29) is 51.6 Å². The topological polar surface area (TPSA) is 238 Å². The number of nitrogens with zero attached hydrogens (tertiary/aromatic N) is 6. The van der Waals surface area contributed by atoms with Gasteiger partial charge in [0.15, 0.2) is 19.7 Å². The summed E-state index contributed by atoms with van der Waals surface area (Å²) in [5.74, 6) is 0.765. The summed E-state index contributed by atoms with van der Waals surface area (Å²) in [6, 6.07) is 13.7. The second kappa shape index (κ2) is 22.7. The van der Waals surface area contributed by atoms with Crippen molar-refractivity contribution in [2.24, 2.45) is 11.8 Å². The maximum absolute atomic E-state index is 12.6. The zero-order valence-corrected chi connectivity index (χ0v) is 44.1. The van der Waals surface area contributed by atoms with Gasteiger partial charge in [-0.25, -0.2) is 46.4 Å². The quantitative estimate of drug-likeness (QED) is 0.158. The molecule has 4 fully saturated rings. The molecule has 4 saturated heterocycles. The molecule has 22 heteroatoms. The highest BCUT2D eigenvalue weighted by atomic mass is 79.9.